The zero-order chi connectivity index (χ0) is 14.8. The van der Waals surface area contributed by atoms with Gasteiger partial charge in [0, 0.05) is 9.35 Å². The Morgan fingerprint density at radius 2 is 1.95 bits per heavy atom. The van der Waals surface area contributed by atoms with Gasteiger partial charge in [0.1, 0.15) is 0 Å². The van der Waals surface area contributed by atoms with Crippen molar-refractivity contribution >= 4 is 56.3 Å². The molecule has 0 aliphatic carbocycles. The van der Waals surface area contributed by atoms with E-state index in [9.17, 15) is 9.59 Å². The number of thioether (sulfide) groups is 1. The van der Waals surface area contributed by atoms with Crippen LogP contribution in [0.5, 0.6) is 0 Å². The van der Waals surface area contributed by atoms with Gasteiger partial charge >= 0.3 is 0 Å². The third-order valence-electron chi connectivity index (χ3n) is 2.98. The Morgan fingerprint density at radius 1 is 1.14 bits per heavy atom. The van der Waals surface area contributed by atoms with Crippen LogP contribution >= 0.6 is 39.0 Å². The van der Waals surface area contributed by atoms with Crippen molar-refractivity contribution in [2.24, 2.45) is 0 Å². The molecular weight excluding hydrogens is 370 g/mol. The highest BCUT2D eigenvalue weighted by Crippen LogP contribution is 2.34. The number of benzene rings is 1. The Kier molecular flexibility index (Phi) is 4.28. The van der Waals surface area contributed by atoms with E-state index in [0.29, 0.717) is 4.91 Å². The first-order chi connectivity index (χ1) is 10.1. The Morgan fingerprint density at radius 3 is 2.67 bits per heavy atom. The lowest BCUT2D eigenvalue weighted by molar-refractivity contribution is -0.123. The van der Waals surface area contributed by atoms with Crippen LogP contribution in [0.4, 0.5) is 4.79 Å². The largest absolute Gasteiger partial charge is 0.293 e. The van der Waals surface area contributed by atoms with E-state index >= 15 is 0 Å². The summed E-state index contributed by atoms with van der Waals surface area (Å²) in [6.07, 6.45) is 1.77. The summed E-state index contributed by atoms with van der Waals surface area (Å²) in [4.78, 5) is 27.2. The second-order valence-electron chi connectivity index (χ2n) is 4.37. The Balaban J connectivity index is 1.83. The fraction of sp³-hybridized carbons (Fsp3) is 0.0667. The first-order valence-corrected chi connectivity index (χ1v) is 8.66. The van der Waals surface area contributed by atoms with Crippen LogP contribution in [0.25, 0.3) is 6.08 Å². The molecule has 1 aromatic heterocycles. The molecule has 0 unspecified atom stereocenters. The van der Waals surface area contributed by atoms with Crippen LogP contribution in [-0.2, 0) is 11.3 Å². The van der Waals surface area contributed by atoms with E-state index in [-0.39, 0.29) is 17.7 Å². The maximum atomic E-state index is 12.4. The summed E-state index contributed by atoms with van der Waals surface area (Å²) in [6.45, 7) is 0.286. The molecule has 6 heteroatoms. The molecule has 0 atom stereocenters. The number of amides is 2. The summed E-state index contributed by atoms with van der Waals surface area (Å²) >= 11 is 5.97. The van der Waals surface area contributed by atoms with Gasteiger partial charge in [-0.05, 0) is 40.9 Å². The van der Waals surface area contributed by atoms with Gasteiger partial charge in [0.05, 0.1) is 11.4 Å². The number of nitrogens with zero attached hydrogens (tertiary/aromatic N) is 1. The first-order valence-electron chi connectivity index (χ1n) is 6.17. The molecule has 0 N–H and O–H groups in total. The average Bonchev–Trinajstić information content (AvgIpc) is 3.05. The van der Waals surface area contributed by atoms with E-state index in [4.69, 9.17) is 0 Å². The van der Waals surface area contributed by atoms with Gasteiger partial charge in [-0.15, -0.1) is 11.3 Å². The standard InChI is InChI=1S/C15H10BrNO2S2/c16-12-6-2-1-4-10(12)9-17-14(18)13(21-15(17)19)8-11-5-3-7-20-11/h1-8H,9H2/b13-8+. The van der Waals surface area contributed by atoms with Crippen LogP contribution in [0, 0.1) is 0 Å². The van der Waals surface area contributed by atoms with E-state index in [1.165, 1.54) is 4.90 Å². The normalized spacial score (nSPS) is 17.0. The van der Waals surface area contributed by atoms with Gasteiger partial charge in [-0.3, -0.25) is 14.5 Å². The minimum Gasteiger partial charge on any atom is -0.268 e. The minimum atomic E-state index is -0.228. The zero-order valence-electron chi connectivity index (χ0n) is 10.8. The van der Waals surface area contributed by atoms with E-state index in [0.717, 1.165) is 26.7 Å². The van der Waals surface area contributed by atoms with E-state index in [2.05, 4.69) is 15.9 Å². The molecule has 1 aromatic carbocycles. The van der Waals surface area contributed by atoms with Crippen molar-refractivity contribution in [3.63, 3.8) is 0 Å². The van der Waals surface area contributed by atoms with E-state index in [1.807, 2.05) is 41.8 Å². The fourth-order valence-corrected chi connectivity index (χ4v) is 3.91. The van der Waals surface area contributed by atoms with Gasteiger partial charge in [0.15, 0.2) is 0 Å². The predicted molar refractivity (Wildman–Crippen MR) is 90.0 cm³/mol. The highest BCUT2D eigenvalue weighted by Gasteiger charge is 2.35. The van der Waals surface area contributed by atoms with Crippen LogP contribution in [0.3, 0.4) is 0 Å². The van der Waals surface area contributed by atoms with Gasteiger partial charge in [0.2, 0.25) is 0 Å². The lowest BCUT2D eigenvalue weighted by Crippen LogP contribution is -2.27. The molecule has 2 heterocycles. The molecule has 21 heavy (non-hydrogen) atoms. The molecule has 1 fully saturated rings. The molecule has 3 nitrogen and oxygen atoms in total. The molecule has 0 spiro atoms. The monoisotopic (exact) mass is 379 g/mol. The van der Waals surface area contributed by atoms with Crippen LogP contribution in [0.2, 0.25) is 0 Å². The van der Waals surface area contributed by atoms with Crippen molar-refractivity contribution in [2.75, 3.05) is 0 Å². The second kappa shape index (κ2) is 6.17. The number of imide groups is 1. The van der Waals surface area contributed by atoms with Crippen molar-refractivity contribution in [1.29, 1.82) is 0 Å². The van der Waals surface area contributed by atoms with Crippen LogP contribution < -0.4 is 0 Å². The lowest BCUT2D eigenvalue weighted by atomic mass is 10.2. The Labute approximate surface area is 138 Å². The number of rotatable bonds is 3. The summed E-state index contributed by atoms with van der Waals surface area (Å²) < 4.78 is 0.895. The van der Waals surface area contributed by atoms with Gasteiger partial charge in [-0.2, -0.15) is 0 Å². The fourth-order valence-electron chi connectivity index (χ4n) is 1.94. The molecule has 1 aliphatic rings. The Bertz CT molecular complexity index is 725. The van der Waals surface area contributed by atoms with Crippen LogP contribution in [0.15, 0.2) is 51.2 Å². The second-order valence-corrected chi connectivity index (χ2v) is 7.20. The molecule has 0 radical (unpaired) electrons. The summed E-state index contributed by atoms with van der Waals surface area (Å²) in [5.41, 5.74) is 0.914. The molecule has 1 saturated heterocycles. The molecule has 2 amide bonds. The maximum Gasteiger partial charge on any atom is 0.293 e. The number of hydrogen-bond donors (Lipinski definition) is 0. The quantitative estimate of drug-likeness (QED) is 0.722. The summed E-state index contributed by atoms with van der Waals surface area (Å²) in [5.74, 6) is -0.228. The third kappa shape index (κ3) is 3.12. The summed E-state index contributed by atoms with van der Waals surface area (Å²) in [7, 11) is 0. The Hall–Kier alpha value is -1.37. The van der Waals surface area contributed by atoms with Crippen LogP contribution in [0.1, 0.15) is 10.4 Å². The average molecular weight is 380 g/mol. The molecular formula is C15H10BrNO2S2. The zero-order valence-corrected chi connectivity index (χ0v) is 14.0. The van der Waals surface area contributed by atoms with Crippen molar-refractivity contribution in [3.8, 4) is 0 Å². The van der Waals surface area contributed by atoms with Crippen molar-refractivity contribution < 1.29 is 9.59 Å². The highest BCUT2D eigenvalue weighted by atomic mass is 79.9. The maximum absolute atomic E-state index is 12.4. The number of halogens is 1. The lowest BCUT2D eigenvalue weighted by Gasteiger charge is -2.13. The number of carbonyl (C=O) groups excluding carboxylic acids is 2. The van der Waals surface area contributed by atoms with Crippen molar-refractivity contribution in [3.05, 3.63) is 61.6 Å². The first kappa shape index (κ1) is 14.6. The van der Waals surface area contributed by atoms with Crippen LogP contribution in [-0.4, -0.2) is 16.0 Å². The minimum absolute atomic E-state index is 0.224. The molecule has 0 saturated carbocycles. The van der Waals surface area contributed by atoms with E-state index in [1.54, 1.807) is 17.4 Å². The number of hydrogen-bond acceptors (Lipinski definition) is 4. The topological polar surface area (TPSA) is 37.4 Å². The van der Waals surface area contributed by atoms with Gasteiger partial charge < -0.3 is 0 Å². The molecule has 2 aromatic rings. The number of carbonyl (C=O) groups is 2. The van der Waals surface area contributed by atoms with Crippen molar-refractivity contribution in [2.45, 2.75) is 6.54 Å². The third-order valence-corrected chi connectivity index (χ3v) is 5.48. The highest BCUT2D eigenvalue weighted by molar-refractivity contribution is 9.10. The predicted octanol–water partition coefficient (Wildman–Crippen LogP) is 4.75. The van der Waals surface area contributed by atoms with Gasteiger partial charge in [-0.25, -0.2) is 0 Å². The molecule has 0 bridgehead atoms. The SMILES string of the molecule is O=C1S/C(=C/c2cccs2)C(=O)N1Cc1ccccc1Br. The smallest absolute Gasteiger partial charge is 0.268 e. The number of thiophene rings is 1. The van der Waals surface area contributed by atoms with Crippen molar-refractivity contribution in [1.82, 2.24) is 4.90 Å². The summed E-state index contributed by atoms with van der Waals surface area (Å²) in [5, 5.41) is 1.72. The van der Waals surface area contributed by atoms with E-state index < -0.39 is 0 Å². The van der Waals surface area contributed by atoms with Gasteiger partial charge in [0.25, 0.3) is 11.1 Å². The molecule has 1 aliphatic heterocycles. The summed E-state index contributed by atoms with van der Waals surface area (Å²) in [6, 6.07) is 11.4. The van der Waals surface area contributed by atoms with Gasteiger partial charge in [-0.1, -0.05) is 40.2 Å². The molecule has 106 valence electrons. The molecule has 3 rings (SSSR count).